The van der Waals surface area contributed by atoms with Crippen LogP contribution < -0.4 is 0 Å². The highest BCUT2D eigenvalue weighted by Gasteiger charge is 2.03. The molecule has 92 valence electrons. The maximum Gasteiger partial charge on any atom is 0.302 e. The maximum absolute atomic E-state index is 10.6. The molecule has 0 aliphatic rings. The van der Waals surface area contributed by atoms with Gasteiger partial charge < -0.3 is 9.47 Å². The fourth-order valence-electron chi connectivity index (χ4n) is 1.37. The molecule has 0 N–H and O–H groups in total. The number of carbonyl (C=O) groups is 1. The molecule has 3 heteroatoms. The van der Waals surface area contributed by atoms with Crippen molar-refractivity contribution in [3.05, 3.63) is 42.0 Å². The Kier molecular flexibility index (Phi) is 6.04. The van der Waals surface area contributed by atoms with Crippen molar-refractivity contribution in [1.82, 2.24) is 0 Å². The topological polar surface area (TPSA) is 35.5 Å². The van der Waals surface area contributed by atoms with Gasteiger partial charge in [-0.2, -0.15) is 0 Å². The van der Waals surface area contributed by atoms with Crippen LogP contribution in [0.15, 0.2) is 36.4 Å². The minimum absolute atomic E-state index is 0.197. The first-order valence-corrected chi connectivity index (χ1v) is 5.65. The van der Waals surface area contributed by atoms with Crippen molar-refractivity contribution in [3.63, 3.8) is 0 Å². The lowest BCUT2D eigenvalue weighted by atomic mass is 10.2. The van der Waals surface area contributed by atoms with Gasteiger partial charge in [0, 0.05) is 6.92 Å². The van der Waals surface area contributed by atoms with E-state index in [4.69, 9.17) is 9.47 Å². The van der Waals surface area contributed by atoms with Crippen LogP contribution in [0.25, 0.3) is 6.08 Å². The number of hydrogen-bond donors (Lipinski definition) is 0. The highest BCUT2D eigenvalue weighted by atomic mass is 16.6. The van der Waals surface area contributed by atoms with E-state index in [1.165, 1.54) is 6.92 Å². The van der Waals surface area contributed by atoms with Crippen LogP contribution in [-0.4, -0.2) is 25.3 Å². The minimum atomic E-state index is -0.277. The van der Waals surface area contributed by atoms with Crippen LogP contribution in [-0.2, 0) is 14.3 Å². The molecule has 1 atom stereocenters. The van der Waals surface area contributed by atoms with Gasteiger partial charge in [0.2, 0.25) is 0 Å². The molecule has 0 aromatic heterocycles. The molecule has 0 heterocycles. The summed E-state index contributed by atoms with van der Waals surface area (Å²) >= 11 is 0. The number of hydrogen-bond acceptors (Lipinski definition) is 3. The number of esters is 1. The molecule has 0 aliphatic carbocycles. The van der Waals surface area contributed by atoms with E-state index in [1.54, 1.807) is 0 Å². The third kappa shape index (κ3) is 6.53. The lowest BCUT2D eigenvalue weighted by Gasteiger charge is -2.10. The number of rotatable bonds is 6. The first-order valence-electron chi connectivity index (χ1n) is 5.65. The molecule has 0 saturated carbocycles. The van der Waals surface area contributed by atoms with Gasteiger partial charge in [0.1, 0.15) is 6.10 Å². The van der Waals surface area contributed by atoms with Crippen LogP contribution in [0.2, 0.25) is 0 Å². The zero-order valence-corrected chi connectivity index (χ0v) is 10.3. The molecule has 0 radical (unpaired) electrons. The molecule has 1 unspecified atom stereocenters. The Hall–Kier alpha value is -1.61. The van der Waals surface area contributed by atoms with Crippen LogP contribution in [0.5, 0.6) is 0 Å². The van der Waals surface area contributed by atoms with Gasteiger partial charge in [0.25, 0.3) is 0 Å². The van der Waals surface area contributed by atoms with Crippen LogP contribution in [0.1, 0.15) is 19.4 Å². The van der Waals surface area contributed by atoms with Crippen molar-refractivity contribution in [2.75, 3.05) is 13.2 Å². The maximum atomic E-state index is 10.6. The predicted octanol–water partition coefficient (Wildman–Crippen LogP) is 2.67. The molecule has 0 bridgehead atoms. The molecule has 0 fully saturated rings. The fraction of sp³-hybridized carbons (Fsp3) is 0.357. The summed E-state index contributed by atoms with van der Waals surface area (Å²) in [4.78, 5) is 10.6. The lowest BCUT2D eigenvalue weighted by molar-refractivity contribution is -0.148. The number of ether oxygens (including phenoxy) is 2. The zero-order valence-electron chi connectivity index (χ0n) is 10.3. The van der Waals surface area contributed by atoms with Crippen molar-refractivity contribution >= 4 is 12.0 Å². The van der Waals surface area contributed by atoms with Crippen molar-refractivity contribution in [3.8, 4) is 0 Å². The van der Waals surface area contributed by atoms with Gasteiger partial charge in [-0.1, -0.05) is 42.5 Å². The first kappa shape index (κ1) is 13.5. The quantitative estimate of drug-likeness (QED) is 0.560. The van der Waals surface area contributed by atoms with Crippen molar-refractivity contribution in [2.45, 2.75) is 20.0 Å². The molecule has 3 nitrogen and oxygen atoms in total. The van der Waals surface area contributed by atoms with E-state index in [0.717, 1.165) is 5.56 Å². The molecule has 1 aromatic rings. The Balaban J connectivity index is 2.16. The third-order valence-electron chi connectivity index (χ3n) is 2.04. The molecule has 17 heavy (non-hydrogen) atoms. The molecule has 1 aromatic carbocycles. The molecule has 1 rings (SSSR count). The summed E-state index contributed by atoms with van der Waals surface area (Å²) in [7, 11) is 0. The fourth-order valence-corrected chi connectivity index (χ4v) is 1.37. The second kappa shape index (κ2) is 7.63. The summed E-state index contributed by atoms with van der Waals surface area (Å²) in [6, 6.07) is 10.0. The van der Waals surface area contributed by atoms with Crippen molar-refractivity contribution in [1.29, 1.82) is 0 Å². The number of benzene rings is 1. The van der Waals surface area contributed by atoms with E-state index in [-0.39, 0.29) is 12.1 Å². The second-order valence-corrected chi connectivity index (χ2v) is 3.77. The van der Waals surface area contributed by atoms with Crippen LogP contribution in [0.4, 0.5) is 0 Å². The van der Waals surface area contributed by atoms with E-state index in [1.807, 2.05) is 49.4 Å². The second-order valence-electron chi connectivity index (χ2n) is 3.77. The molecule has 0 aliphatic heterocycles. The summed E-state index contributed by atoms with van der Waals surface area (Å²) in [5.41, 5.74) is 1.14. The highest BCUT2D eigenvalue weighted by Crippen LogP contribution is 2.00. The first-order chi connectivity index (χ1) is 8.18. The Bertz CT molecular complexity index is 357. The van der Waals surface area contributed by atoms with E-state index in [2.05, 4.69) is 0 Å². The van der Waals surface area contributed by atoms with Gasteiger partial charge >= 0.3 is 5.97 Å². The van der Waals surface area contributed by atoms with E-state index in [9.17, 15) is 4.79 Å². The van der Waals surface area contributed by atoms with Crippen LogP contribution in [0.3, 0.4) is 0 Å². The average molecular weight is 234 g/mol. The van der Waals surface area contributed by atoms with Gasteiger partial charge in [-0.15, -0.1) is 0 Å². The largest absolute Gasteiger partial charge is 0.460 e. The van der Waals surface area contributed by atoms with E-state index < -0.39 is 0 Å². The minimum Gasteiger partial charge on any atom is -0.460 e. The van der Waals surface area contributed by atoms with E-state index in [0.29, 0.717) is 13.2 Å². The molecular weight excluding hydrogens is 216 g/mol. The summed E-state index contributed by atoms with van der Waals surface area (Å²) < 4.78 is 10.3. The molecule has 0 saturated heterocycles. The monoisotopic (exact) mass is 234 g/mol. The van der Waals surface area contributed by atoms with Crippen LogP contribution >= 0.6 is 0 Å². The zero-order chi connectivity index (χ0) is 12.5. The van der Waals surface area contributed by atoms with Gasteiger partial charge in [-0.25, -0.2) is 0 Å². The average Bonchev–Trinajstić information content (AvgIpc) is 2.29. The Labute approximate surface area is 102 Å². The summed E-state index contributed by atoms with van der Waals surface area (Å²) in [5, 5.41) is 0. The van der Waals surface area contributed by atoms with Crippen molar-refractivity contribution in [2.24, 2.45) is 0 Å². The van der Waals surface area contributed by atoms with Gasteiger partial charge in [-0.3, -0.25) is 4.79 Å². The Morgan fingerprint density at radius 1 is 1.35 bits per heavy atom. The highest BCUT2D eigenvalue weighted by molar-refractivity contribution is 5.66. The van der Waals surface area contributed by atoms with Crippen molar-refractivity contribution < 1.29 is 14.3 Å². The van der Waals surface area contributed by atoms with Gasteiger partial charge in [0.15, 0.2) is 0 Å². The lowest BCUT2D eigenvalue weighted by Crippen LogP contribution is -2.18. The van der Waals surface area contributed by atoms with E-state index >= 15 is 0 Å². The third-order valence-corrected chi connectivity index (χ3v) is 2.04. The summed E-state index contributed by atoms with van der Waals surface area (Å²) in [5.74, 6) is -0.277. The number of carbonyl (C=O) groups excluding carboxylic acids is 1. The van der Waals surface area contributed by atoms with Gasteiger partial charge in [0.05, 0.1) is 13.2 Å². The Morgan fingerprint density at radius 2 is 2.06 bits per heavy atom. The smallest absolute Gasteiger partial charge is 0.302 e. The molecule has 0 spiro atoms. The summed E-state index contributed by atoms with van der Waals surface area (Å²) in [6.07, 6.45) is 3.74. The Morgan fingerprint density at radius 3 is 2.71 bits per heavy atom. The normalized spacial score (nSPS) is 12.6. The van der Waals surface area contributed by atoms with Crippen LogP contribution in [0, 0.1) is 0 Å². The van der Waals surface area contributed by atoms with Gasteiger partial charge in [-0.05, 0) is 12.5 Å². The predicted molar refractivity (Wildman–Crippen MR) is 67.5 cm³/mol. The molecular formula is C14H18O3. The SMILES string of the molecule is CC(=O)OC(C)COC/C=C/c1ccccc1. The standard InChI is InChI=1S/C14H18O3/c1-12(17-13(2)15)11-16-10-6-9-14-7-4-3-5-8-14/h3-9,12H,10-11H2,1-2H3/b9-6+. The summed E-state index contributed by atoms with van der Waals surface area (Å²) in [6.45, 7) is 4.13. The molecule has 0 amide bonds.